The number of hydrogen-bond donors (Lipinski definition) is 1. The lowest BCUT2D eigenvalue weighted by Crippen LogP contribution is -2.19. The standard InChI is InChI=1S/C13H15F2N3O/c1-3-18-13(10(19-2)7-17-18)12(16)8-5-4-6-9(14)11(8)15/h4-7,12H,3,16H2,1-2H3. The van der Waals surface area contributed by atoms with Gasteiger partial charge in [-0.05, 0) is 13.0 Å². The van der Waals surface area contributed by atoms with Crippen molar-refractivity contribution in [3.63, 3.8) is 0 Å². The third-order valence-corrected chi connectivity index (χ3v) is 2.98. The summed E-state index contributed by atoms with van der Waals surface area (Å²) in [5.41, 5.74) is 6.64. The van der Waals surface area contributed by atoms with Crippen LogP contribution in [0.15, 0.2) is 24.4 Å². The minimum Gasteiger partial charge on any atom is -0.493 e. The van der Waals surface area contributed by atoms with Crippen LogP contribution in [0.5, 0.6) is 5.75 Å². The van der Waals surface area contributed by atoms with Gasteiger partial charge < -0.3 is 10.5 Å². The predicted octanol–water partition coefficient (Wildman–Crippen LogP) is 2.24. The molecule has 1 aromatic carbocycles. The van der Waals surface area contributed by atoms with Crippen molar-refractivity contribution in [2.75, 3.05) is 7.11 Å². The molecule has 0 amide bonds. The molecule has 1 atom stereocenters. The smallest absolute Gasteiger partial charge is 0.163 e. The molecule has 0 aliphatic heterocycles. The van der Waals surface area contributed by atoms with Crippen LogP contribution in [-0.4, -0.2) is 16.9 Å². The Hall–Kier alpha value is -1.95. The van der Waals surface area contributed by atoms with Gasteiger partial charge in [0.25, 0.3) is 0 Å². The van der Waals surface area contributed by atoms with E-state index in [9.17, 15) is 8.78 Å². The van der Waals surface area contributed by atoms with Crippen molar-refractivity contribution in [3.8, 4) is 5.75 Å². The SMILES string of the molecule is CCn1ncc(OC)c1C(N)c1cccc(F)c1F. The highest BCUT2D eigenvalue weighted by molar-refractivity contribution is 5.36. The number of benzene rings is 1. The molecule has 0 spiro atoms. The van der Waals surface area contributed by atoms with Gasteiger partial charge in [-0.2, -0.15) is 5.10 Å². The number of hydrogen-bond acceptors (Lipinski definition) is 3. The third kappa shape index (κ3) is 2.31. The monoisotopic (exact) mass is 267 g/mol. The van der Waals surface area contributed by atoms with Crippen LogP contribution in [-0.2, 0) is 6.54 Å². The second kappa shape index (κ2) is 5.36. The van der Waals surface area contributed by atoms with Crippen LogP contribution in [0.1, 0.15) is 24.2 Å². The summed E-state index contributed by atoms with van der Waals surface area (Å²) in [7, 11) is 1.48. The number of methoxy groups -OCH3 is 1. The Morgan fingerprint density at radius 2 is 2.16 bits per heavy atom. The summed E-state index contributed by atoms with van der Waals surface area (Å²) in [5, 5.41) is 4.10. The molecule has 0 aliphatic rings. The molecule has 1 aromatic heterocycles. The van der Waals surface area contributed by atoms with Crippen molar-refractivity contribution in [1.29, 1.82) is 0 Å². The quantitative estimate of drug-likeness (QED) is 0.924. The average Bonchev–Trinajstić information content (AvgIpc) is 2.84. The van der Waals surface area contributed by atoms with E-state index >= 15 is 0 Å². The summed E-state index contributed by atoms with van der Waals surface area (Å²) < 4.78 is 33.8. The fraction of sp³-hybridized carbons (Fsp3) is 0.308. The van der Waals surface area contributed by atoms with E-state index in [1.54, 1.807) is 4.68 Å². The Morgan fingerprint density at radius 1 is 1.42 bits per heavy atom. The molecule has 0 radical (unpaired) electrons. The Morgan fingerprint density at radius 3 is 2.79 bits per heavy atom. The molecule has 0 bridgehead atoms. The lowest BCUT2D eigenvalue weighted by Gasteiger charge is -2.16. The van der Waals surface area contributed by atoms with Gasteiger partial charge in [-0.25, -0.2) is 8.78 Å². The number of halogens is 2. The molecule has 1 heterocycles. The summed E-state index contributed by atoms with van der Waals surface area (Å²) in [6.45, 7) is 2.44. The molecular formula is C13H15F2N3O. The van der Waals surface area contributed by atoms with Gasteiger partial charge in [0.1, 0.15) is 5.69 Å². The van der Waals surface area contributed by atoms with Crippen LogP contribution in [0.4, 0.5) is 8.78 Å². The van der Waals surface area contributed by atoms with E-state index in [-0.39, 0.29) is 5.56 Å². The maximum absolute atomic E-state index is 13.8. The van der Waals surface area contributed by atoms with Gasteiger partial charge >= 0.3 is 0 Å². The first kappa shape index (κ1) is 13.5. The summed E-state index contributed by atoms with van der Waals surface area (Å²) in [6.07, 6.45) is 1.51. The molecule has 0 saturated heterocycles. The summed E-state index contributed by atoms with van der Waals surface area (Å²) in [4.78, 5) is 0. The Labute approximate surface area is 109 Å². The molecule has 0 aliphatic carbocycles. The fourth-order valence-corrected chi connectivity index (χ4v) is 2.01. The van der Waals surface area contributed by atoms with Gasteiger partial charge in [0.2, 0.25) is 0 Å². The second-order valence-corrected chi connectivity index (χ2v) is 4.03. The van der Waals surface area contributed by atoms with Crippen molar-refractivity contribution in [1.82, 2.24) is 9.78 Å². The molecule has 19 heavy (non-hydrogen) atoms. The number of nitrogens with two attached hydrogens (primary N) is 1. The number of nitrogens with zero attached hydrogens (tertiary/aromatic N) is 2. The predicted molar refractivity (Wildman–Crippen MR) is 66.8 cm³/mol. The highest BCUT2D eigenvalue weighted by Crippen LogP contribution is 2.30. The molecule has 6 heteroatoms. The normalized spacial score (nSPS) is 12.5. The van der Waals surface area contributed by atoms with Gasteiger partial charge in [0.05, 0.1) is 19.3 Å². The number of aromatic nitrogens is 2. The first-order valence-corrected chi connectivity index (χ1v) is 5.89. The van der Waals surface area contributed by atoms with Gasteiger partial charge in [0, 0.05) is 12.1 Å². The number of ether oxygens (including phenoxy) is 1. The molecule has 2 rings (SSSR count). The van der Waals surface area contributed by atoms with Crippen molar-refractivity contribution in [3.05, 3.63) is 47.3 Å². The summed E-state index contributed by atoms with van der Waals surface area (Å²) in [5.74, 6) is -1.41. The van der Waals surface area contributed by atoms with E-state index in [0.29, 0.717) is 18.0 Å². The van der Waals surface area contributed by atoms with E-state index in [0.717, 1.165) is 6.07 Å². The largest absolute Gasteiger partial charge is 0.493 e. The topological polar surface area (TPSA) is 53.1 Å². The number of rotatable bonds is 4. The summed E-state index contributed by atoms with van der Waals surface area (Å²) >= 11 is 0. The van der Waals surface area contributed by atoms with Gasteiger partial charge in [0.15, 0.2) is 17.4 Å². The van der Waals surface area contributed by atoms with Crippen LogP contribution >= 0.6 is 0 Å². The molecule has 4 nitrogen and oxygen atoms in total. The average molecular weight is 267 g/mol. The van der Waals surface area contributed by atoms with Crippen LogP contribution in [0.3, 0.4) is 0 Å². The zero-order chi connectivity index (χ0) is 14.0. The third-order valence-electron chi connectivity index (χ3n) is 2.98. The zero-order valence-corrected chi connectivity index (χ0v) is 10.7. The van der Waals surface area contributed by atoms with Crippen molar-refractivity contribution < 1.29 is 13.5 Å². The van der Waals surface area contributed by atoms with Crippen LogP contribution in [0.2, 0.25) is 0 Å². The minimum absolute atomic E-state index is 0.0773. The highest BCUT2D eigenvalue weighted by atomic mass is 19.2. The van der Waals surface area contributed by atoms with Crippen LogP contribution in [0.25, 0.3) is 0 Å². The highest BCUT2D eigenvalue weighted by Gasteiger charge is 2.23. The van der Waals surface area contributed by atoms with E-state index in [1.165, 1.54) is 25.4 Å². The molecule has 0 fully saturated rings. The first-order chi connectivity index (χ1) is 9.10. The molecule has 0 saturated carbocycles. The van der Waals surface area contributed by atoms with Crippen LogP contribution < -0.4 is 10.5 Å². The van der Waals surface area contributed by atoms with E-state index in [1.807, 2.05) is 6.92 Å². The van der Waals surface area contributed by atoms with Gasteiger partial charge in [-0.3, -0.25) is 4.68 Å². The zero-order valence-electron chi connectivity index (χ0n) is 10.7. The minimum atomic E-state index is -0.944. The molecular weight excluding hydrogens is 252 g/mol. The van der Waals surface area contributed by atoms with E-state index < -0.39 is 17.7 Å². The van der Waals surface area contributed by atoms with Gasteiger partial charge in [-0.15, -0.1) is 0 Å². The Balaban J connectivity index is 2.52. The van der Waals surface area contributed by atoms with E-state index in [2.05, 4.69) is 5.10 Å². The van der Waals surface area contributed by atoms with Crippen LogP contribution in [0, 0.1) is 11.6 Å². The molecule has 2 aromatic rings. The maximum atomic E-state index is 13.8. The van der Waals surface area contributed by atoms with E-state index in [4.69, 9.17) is 10.5 Å². The van der Waals surface area contributed by atoms with Gasteiger partial charge in [-0.1, -0.05) is 12.1 Å². The molecule has 2 N–H and O–H groups in total. The lowest BCUT2D eigenvalue weighted by molar-refractivity contribution is 0.403. The van der Waals surface area contributed by atoms with Crippen molar-refractivity contribution in [2.24, 2.45) is 5.73 Å². The fourth-order valence-electron chi connectivity index (χ4n) is 2.01. The molecule has 102 valence electrons. The first-order valence-electron chi connectivity index (χ1n) is 5.89. The van der Waals surface area contributed by atoms with Crippen molar-refractivity contribution >= 4 is 0 Å². The summed E-state index contributed by atoms with van der Waals surface area (Å²) in [6, 6.07) is 3.09. The van der Waals surface area contributed by atoms with Crippen molar-refractivity contribution in [2.45, 2.75) is 19.5 Å². The maximum Gasteiger partial charge on any atom is 0.163 e. The Kier molecular flexibility index (Phi) is 3.80. The lowest BCUT2D eigenvalue weighted by atomic mass is 10.0. The Bertz CT molecular complexity index is 562. The molecule has 1 unspecified atom stereocenters. The number of aryl methyl sites for hydroxylation is 1. The second-order valence-electron chi connectivity index (χ2n) is 4.03.